The van der Waals surface area contributed by atoms with Crippen LogP contribution >= 0.6 is 11.3 Å². The molecule has 4 heteroatoms. The number of aromatic nitrogens is 2. The highest BCUT2D eigenvalue weighted by Gasteiger charge is 2.31. The molecule has 0 spiro atoms. The van der Waals surface area contributed by atoms with Crippen molar-refractivity contribution in [2.75, 3.05) is 7.05 Å². The first-order valence-electron chi connectivity index (χ1n) is 6.33. The van der Waals surface area contributed by atoms with E-state index in [0.29, 0.717) is 12.0 Å². The number of likely N-dealkylation sites (N-methyl/N-ethyl adjacent to an activating group) is 1. The quantitative estimate of drug-likeness (QED) is 0.921. The predicted molar refractivity (Wildman–Crippen MR) is 74.0 cm³/mol. The molecule has 0 aliphatic heterocycles. The molecule has 0 amide bonds. The molecule has 2 unspecified atom stereocenters. The summed E-state index contributed by atoms with van der Waals surface area (Å²) in [5, 5.41) is 4.57. The molecule has 94 valence electrons. The number of thiazole rings is 1. The monoisotopic (exact) mass is 259 g/mol. The van der Waals surface area contributed by atoms with Gasteiger partial charge in [-0.1, -0.05) is 6.07 Å². The van der Waals surface area contributed by atoms with Crippen LogP contribution in [0.1, 0.15) is 39.5 Å². The molecule has 2 atom stereocenters. The second-order valence-electron chi connectivity index (χ2n) is 4.74. The molecule has 0 bridgehead atoms. The van der Waals surface area contributed by atoms with Crippen molar-refractivity contribution < 1.29 is 0 Å². The maximum atomic E-state index is 4.59. The largest absolute Gasteiger partial charge is 0.312 e. The van der Waals surface area contributed by atoms with Crippen LogP contribution in [0, 0.1) is 6.92 Å². The molecule has 0 fully saturated rings. The summed E-state index contributed by atoms with van der Waals surface area (Å²) in [5.41, 5.74) is 2.67. The minimum atomic E-state index is 0.340. The van der Waals surface area contributed by atoms with Gasteiger partial charge in [0.15, 0.2) is 0 Å². The molecule has 2 heterocycles. The van der Waals surface area contributed by atoms with Gasteiger partial charge in [0, 0.05) is 28.9 Å². The van der Waals surface area contributed by atoms with Crippen LogP contribution in [0.25, 0.3) is 0 Å². The van der Waals surface area contributed by atoms with Crippen LogP contribution in [0.4, 0.5) is 0 Å². The molecular weight excluding hydrogens is 242 g/mol. The van der Waals surface area contributed by atoms with Crippen LogP contribution < -0.4 is 5.32 Å². The maximum Gasteiger partial charge on any atom is 0.0897 e. The number of aryl methyl sites for hydroxylation is 2. The molecule has 3 rings (SSSR count). The molecule has 0 aromatic carbocycles. The van der Waals surface area contributed by atoms with Crippen LogP contribution in [0.5, 0.6) is 0 Å². The van der Waals surface area contributed by atoms with Crippen LogP contribution in [-0.4, -0.2) is 17.0 Å². The standard InChI is InChI=1S/C14H17N3S/c1-9-17-8-12(18-9)14(15-2)11-6-5-10-4-3-7-16-13(10)11/h3-4,7-8,11,14-15H,5-6H2,1-2H3. The van der Waals surface area contributed by atoms with Crippen molar-refractivity contribution in [2.24, 2.45) is 0 Å². The SMILES string of the molecule is CNC(c1cnc(C)s1)C1CCc2cccnc21. The Hall–Kier alpha value is -1.26. The lowest BCUT2D eigenvalue weighted by Crippen LogP contribution is -2.22. The number of hydrogen-bond donors (Lipinski definition) is 1. The molecule has 1 aliphatic carbocycles. The Balaban J connectivity index is 1.95. The van der Waals surface area contributed by atoms with Gasteiger partial charge in [0.2, 0.25) is 0 Å². The van der Waals surface area contributed by atoms with Gasteiger partial charge in [-0.25, -0.2) is 4.98 Å². The summed E-state index contributed by atoms with van der Waals surface area (Å²) in [7, 11) is 2.03. The predicted octanol–water partition coefficient (Wildman–Crippen LogP) is 2.84. The first kappa shape index (κ1) is 11.8. The second-order valence-corrected chi connectivity index (χ2v) is 6.01. The minimum Gasteiger partial charge on any atom is -0.312 e. The summed E-state index contributed by atoms with van der Waals surface area (Å²) in [6.07, 6.45) is 6.22. The second kappa shape index (κ2) is 4.78. The van der Waals surface area contributed by atoms with Gasteiger partial charge in [-0.2, -0.15) is 0 Å². The van der Waals surface area contributed by atoms with Crippen LogP contribution in [0.3, 0.4) is 0 Å². The van der Waals surface area contributed by atoms with Crippen molar-refractivity contribution in [2.45, 2.75) is 31.7 Å². The molecule has 0 radical (unpaired) electrons. The third-order valence-corrected chi connectivity index (χ3v) is 4.66. The van der Waals surface area contributed by atoms with Crippen LogP contribution in [-0.2, 0) is 6.42 Å². The number of nitrogens with one attached hydrogen (secondary N) is 1. The first-order chi connectivity index (χ1) is 8.79. The van der Waals surface area contributed by atoms with Gasteiger partial charge in [0.25, 0.3) is 0 Å². The fourth-order valence-electron chi connectivity index (χ4n) is 2.83. The normalized spacial score (nSPS) is 19.8. The smallest absolute Gasteiger partial charge is 0.0897 e. The van der Waals surface area contributed by atoms with Crippen molar-refractivity contribution >= 4 is 11.3 Å². The maximum absolute atomic E-state index is 4.59. The first-order valence-corrected chi connectivity index (χ1v) is 7.14. The van der Waals surface area contributed by atoms with E-state index in [9.17, 15) is 0 Å². The summed E-state index contributed by atoms with van der Waals surface area (Å²) in [6, 6.07) is 4.58. The fourth-order valence-corrected chi connectivity index (χ4v) is 3.79. The van der Waals surface area contributed by atoms with Gasteiger partial charge in [0.1, 0.15) is 0 Å². The average molecular weight is 259 g/mol. The third-order valence-electron chi connectivity index (χ3n) is 3.66. The number of hydrogen-bond acceptors (Lipinski definition) is 4. The summed E-state index contributed by atoms with van der Waals surface area (Å²) < 4.78 is 0. The van der Waals surface area contributed by atoms with Gasteiger partial charge in [-0.3, -0.25) is 4.98 Å². The molecule has 1 aliphatic rings. The molecule has 1 N–H and O–H groups in total. The third kappa shape index (κ3) is 1.95. The van der Waals surface area contributed by atoms with E-state index in [2.05, 4.69) is 28.3 Å². The Bertz CT molecular complexity index is 549. The van der Waals surface area contributed by atoms with E-state index in [0.717, 1.165) is 11.4 Å². The highest BCUT2D eigenvalue weighted by molar-refractivity contribution is 7.11. The van der Waals surface area contributed by atoms with Crippen LogP contribution in [0.15, 0.2) is 24.5 Å². The Labute approximate surface area is 111 Å². The molecule has 18 heavy (non-hydrogen) atoms. The summed E-state index contributed by atoms with van der Waals surface area (Å²) in [4.78, 5) is 10.3. The number of pyridine rings is 1. The number of nitrogens with zero attached hydrogens (tertiary/aromatic N) is 2. The molecule has 0 saturated heterocycles. The van der Waals surface area contributed by atoms with Gasteiger partial charge in [-0.15, -0.1) is 11.3 Å². The summed E-state index contributed by atoms with van der Waals surface area (Å²) in [6.45, 7) is 2.06. The lowest BCUT2D eigenvalue weighted by Gasteiger charge is -2.21. The molecule has 2 aromatic rings. The van der Waals surface area contributed by atoms with E-state index in [1.165, 1.54) is 22.6 Å². The van der Waals surface area contributed by atoms with Crippen LogP contribution in [0.2, 0.25) is 0 Å². The van der Waals surface area contributed by atoms with E-state index in [1.807, 2.05) is 25.5 Å². The summed E-state index contributed by atoms with van der Waals surface area (Å²) in [5.74, 6) is 0.478. The lowest BCUT2D eigenvalue weighted by atomic mass is 9.96. The number of rotatable bonds is 3. The highest BCUT2D eigenvalue weighted by Crippen LogP contribution is 2.41. The van der Waals surface area contributed by atoms with E-state index in [4.69, 9.17) is 0 Å². The van der Waals surface area contributed by atoms with Crippen molar-refractivity contribution in [3.05, 3.63) is 45.7 Å². The topological polar surface area (TPSA) is 37.8 Å². The Morgan fingerprint density at radius 1 is 1.44 bits per heavy atom. The Morgan fingerprint density at radius 3 is 3.06 bits per heavy atom. The van der Waals surface area contributed by atoms with Crippen molar-refractivity contribution in [1.82, 2.24) is 15.3 Å². The molecule has 2 aromatic heterocycles. The average Bonchev–Trinajstić information content (AvgIpc) is 2.98. The zero-order chi connectivity index (χ0) is 12.5. The van der Waals surface area contributed by atoms with Crippen molar-refractivity contribution in [1.29, 1.82) is 0 Å². The van der Waals surface area contributed by atoms with E-state index in [-0.39, 0.29) is 0 Å². The Kier molecular flexibility index (Phi) is 3.14. The molecule has 0 saturated carbocycles. The Morgan fingerprint density at radius 2 is 2.33 bits per heavy atom. The fraction of sp³-hybridized carbons (Fsp3) is 0.429. The molecule has 3 nitrogen and oxygen atoms in total. The zero-order valence-corrected chi connectivity index (χ0v) is 11.5. The van der Waals surface area contributed by atoms with Gasteiger partial charge >= 0.3 is 0 Å². The molecular formula is C14H17N3S. The highest BCUT2D eigenvalue weighted by atomic mass is 32.1. The number of fused-ring (bicyclic) bond motifs is 1. The van der Waals surface area contributed by atoms with Gasteiger partial charge < -0.3 is 5.32 Å². The van der Waals surface area contributed by atoms with Crippen molar-refractivity contribution in [3.63, 3.8) is 0 Å². The zero-order valence-electron chi connectivity index (χ0n) is 10.7. The van der Waals surface area contributed by atoms with Crippen molar-refractivity contribution in [3.8, 4) is 0 Å². The van der Waals surface area contributed by atoms with Gasteiger partial charge in [-0.05, 0) is 38.4 Å². The lowest BCUT2D eigenvalue weighted by molar-refractivity contribution is 0.476. The van der Waals surface area contributed by atoms with E-state index in [1.54, 1.807) is 11.3 Å². The summed E-state index contributed by atoms with van der Waals surface area (Å²) >= 11 is 1.78. The van der Waals surface area contributed by atoms with E-state index < -0.39 is 0 Å². The van der Waals surface area contributed by atoms with E-state index >= 15 is 0 Å². The van der Waals surface area contributed by atoms with Gasteiger partial charge in [0.05, 0.1) is 11.0 Å². The minimum absolute atomic E-state index is 0.340.